The molecule has 1 amide bonds. The number of hydrogen-bond donors (Lipinski definition) is 1. The summed E-state index contributed by atoms with van der Waals surface area (Å²) in [6.07, 6.45) is 0.439. The molecule has 0 aliphatic heterocycles. The van der Waals surface area contributed by atoms with Gasteiger partial charge in [-0.05, 0) is 50.2 Å². The summed E-state index contributed by atoms with van der Waals surface area (Å²) in [6, 6.07) is 14.0. The van der Waals surface area contributed by atoms with Crippen LogP contribution in [0.2, 0.25) is 0 Å². The number of rotatable bonds is 6. The minimum Gasteiger partial charge on any atom is -0.481 e. The standard InChI is InChI=1S/C18H22N2O4S/c1-13-5-7-15(8-6-13)19-18(21)14(2)24-17-11-9-16(10-12-17)20(3)25(4,22)23/h5-12,14H,1-4H3,(H,19,21)/t14-/m1/s1. The van der Waals surface area contributed by atoms with Gasteiger partial charge in [0.15, 0.2) is 6.10 Å². The maximum atomic E-state index is 12.2. The third kappa shape index (κ3) is 5.22. The molecule has 0 saturated heterocycles. The topological polar surface area (TPSA) is 75.7 Å². The van der Waals surface area contributed by atoms with E-state index in [0.717, 1.165) is 11.8 Å². The van der Waals surface area contributed by atoms with Crippen LogP contribution in [-0.2, 0) is 14.8 Å². The Morgan fingerprint density at radius 2 is 1.64 bits per heavy atom. The van der Waals surface area contributed by atoms with Crippen molar-refractivity contribution in [2.45, 2.75) is 20.0 Å². The summed E-state index contributed by atoms with van der Waals surface area (Å²) < 4.78 is 29.8. The van der Waals surface area contributed by atoms with Gasteiger partial charge >= 0.3 is 0 Å². The van der Waals surface area contributed by atoms with Gasteiger partial charge in [0, 0.05) is 12.7 Å². The van der Waals surface area contributed by atoms with Gasteiger partial charge in [-0.1, -0.05) is 17.7 Å². The van der Waals surface area contributed by atoms with Crippen molar-refractivity contribution in [2.75, 3.05) is 22.9 Å². The number of anilines is 2. The number of carbonyl (C=O) groups is 1. The quantitative estimate of drug-likeness (QED) is 0.857. The lowest BCUT2D eigenvalue weighted by Gasteiger charge is -2.18. The third-order valence-electron chi connectivity index (χ3n) is 3.70. The largest absolute Gasteiger partial charge is 0.481 e. The van der Waals surface area contributed by atoms with Crippen molar-refractivity contribution in [3.8, 4) is 5.75 Å². The van der Waals surface area contributed by atoms with Crippen molar-refractivity contribution in [3.05, 3.63) is 54.1 Å². The van der Waals surface area contributed by atoms with Crippen molar-refractivity contribution in [1.29, 1.82) is 0 Å². The molecule has 1 N–H and O–H groups in total. The summed E-state index contributed by atoms with van der Waals surface area (Å²) in [5.74, 6) is 0.221. The minimum absolute atomic E-state index is 0.263. The first-order chi connectivity index (χ1) is 11.7. The second-order valence-corrected chi connectivity index (χ2v) is 7.85. The fraction of sp³-hybridized carbons (Fsp3) is 0.278. The number of hydrogen-bond acceptors (Lipinski definition) is 4. The molecule has 0 unspecified atom stereocenters. The molecule has 0 radical (unpaired) electrons. The van der Waals surface area contributed by atoms with E-state index >= 15 is 0 Å². The van der Waals surface area contributed by atoms with E-state index in [-0.39, 0.29) is 5.91 Å². The lowest BCUT2D eigenvalue weighted by molar-refractivity contribution is -0.122. The molecule has 25 heavy (non-hydrogen) atoms. The predicted octanol–water partition coefficient (Wildman–Crippen LogP) is 2.80. The molecule has 0 aliphatic carbocycles. The molecule has 134 valence electrons. The van der Waals surface area contributed by atoms with Crippen LogP contribution in [0.3, 0.4) is 0 Å². The molecule has 6 nitrogen and oxygen atoms in total. The number of carbonyl (C=O) groups excluding carboxylic acids is 1. The van der Waals surface area contributed by atoms with E-state index in [9.17, 15) is 13.2 Å². The van der Waals surface area contributed by atoms with E-state index in [1.807, 2.05) is 31.2 Å². The summed E-state index contributed by atoms with van der Waals surface area (Å²) in [5, 5.41) is 2.79. The van der Waals surface area contributed by atoms with Crippen molar-refractivity contribution >= 4 is 27.3 Å². The molecule has 2 rings (SSSR count). The first-order valence-corrected chi connectivity index (χ1v) is 9.60. The van der Waals surface area contributed by atoms with E-state index in [0.29, 0.717) is 17.1 Å². The second kappa shape index (κ2) is 7.57. The molecule has 0 fully saturated rings. The zero-order valence-corrected chi connectivity index (χ0v) is 15.5. The van der Waals surface area contributed by atoms with Gasteiger partial charge in [-0.2, -0.15) is 0 Å². The summed E-state index contributed by atoms with van der Waals surface area (Å²) in [5.41, 5.74) is 2.34. The third-order valence-corrected chi connectivity index (χ3v) is 4.90. The number of amides is 1. The lowest BCUT2D eigenvalue weighted by Crippen LogP contribution is -2.30. The average Bonchev–Trinajstić information content (AvgIpc) is 2.56. The van der Waals surface area contributed by atoms with Crippen LogP contribution in [0.5, 0.6) is 5.75 Å². The summed E-state index contributed by atoms with van der Waals surface area (Å²) in [6.45, 7) is 3.63. The number of aryl methyl sites for hydroxylation is 1. The highest BCUT2D eigenvalue weighted by molar-refractivity contribution is 7.92. The first kappa shape index (κ1) is 18.8. The van der Waals surface area contributed by atoms with E-state index in [1.165, 1.54) is 11.4 Å². The zero-order valence-electron chi connectivity index (χ0n) is 14.7. The molecule has 2 aromatic carbocycles. The molecule has 0 aromatic heterocycles. The SMILES string of the molecule is Cc1ccc(NC(=O)[C@@H](C)Oc2ccc(N(C)S(C)(=O)=O)cc2)cc1. The first-order valence-electron chi connectivity index (χ1n) is 7.75. The molecule has 0 spiro atoms. The highest BCUT2D eigenvalue weighted by Gasteiger charge is 2.16. The van der Waals surface area contributed by atoms with Gasteiger partial charge in [0.05, 0.1) is 11.9 Å². The van der Waals surface area contributed by atoms with Gasteiger partial charge in [-0.15, -0.1) is 0 Å². The number of nitrogens with zero attached hydrogens (tertiary/aromatic N) is 1. The molecule has 0 bridgehead atoms. The Hall–Kier alpha value is -2.54. The Balaban J connectivity index is 1.99. The molecule has 0 saturated carbocycles. The normalized spacial score (nSPS) is 12.3. The van der Waals surface area contributed by atoms with E-state index < -0.39 is 16.1 Å². The Kier molecular flexibility index (Phi) is 5.69. The highest BCUT2D eigenvalue weighted by atomic mass is 32.2. The van der Waals surface area contributed by atoms with Gasteiger partial charge < -0.3 is 10.1 Å². The van der Waals surface area contributed by atoms with E-state index in [1.54, 1.807) is 31.2 Å². The number of ether oxygens (including phenoxy) is 1. The van der Waals surface area contributed by atoms with Crippen LogP contribution in [0.4, 0.5) is 11.4 Å². The van der Waals surface area contributed by atoms with Crippen LogP contribution >= 0.6 is 0 Å². The average molecular weight is 362 g/mol. The van der Waals surface area contributed by atoms with Crippen LogP contribution in [0.25, 0.3) is 0 Å². The van der Waals surface area contributed by atoms with Crippen LogP contribution in [0.1, 0.15) is 12.5 Å². The van der Waals surface area contributed by atoms with Crippen LogP contribution in [-0.4, -0.2) is 33.7 Å². The van der Waals surface area contributed by atoms with E-state index in [4.69, 9.17) is 4.74 Å². The molecular formula is C18H22N2O4S. The number of sulfonamides is 1. The summed E-state index contributed by atoms with van der Waals surface area (Å²) in [7, 11) is -1.84. The summed E-state index contributed by atoms with van der Waals surface area (Å²) in [4.78, 5) is 12.2. The number of nitrogens with one attached hydrogen (secondary N) is 1. The molecule has 1 atom stereocenters. The highest BCUT2D eigenvalue weighted by Crippen LogP contribution is 2.21. The molecule has 2 aromatic rings. The Morgan fingerprint density at radius 3 is 2.16 bits per heavy atom. The van der Waals surface area contributed by atoms with Crippen molar-refractivity contribution < 1.29 is 17.9 Å². The monoisotopic (exact) mass is 362 g/mol. The predicted molar refractivity (Wildman–Crippen MR) is 99.6 cm³/mol. The fourth-order valence-electron chi connectivity index (χ4n) is 2.06. The van der Waals surface area contributed by atoms with Crippen molar-refractivity contribution in [1.82, 2.24) is 0 Å². The second-order valence-electron chi connectivity index (χ2n) is 5.84. The Labute approximate surface area is 148 Å². The number of benzene rings is 2. The van der Waals surface area contributed by atoms with E-state index in [2.05, 4.69) is 5.32 Å². The lowest BCUT2D eigenvalue weighted by atomic mass is 10.2. The summed E-state index contributed by atoms with van der Waals surface area (Å²) >= 11 is 0. The minimum atomic E-state index is -3.31. The van der Waals surface area contributed by atoms with Gasteiger partial charge in [-0.25, -0.2) is 8.42 Å². The van der Waals surface area contributed by atoms with Gasteiger partial charge in [0.2, 0.25) is 10.0 Å². The van der Waals surface area contributed by atoms with Crippen LogP contribution in [0, 0.1) is 6.92 Å². The molecule has 0 aliphatic rings. The van der Waals surface area contributed by atoms with Crippen LogP contribution < -0.4 is 14.4 Å². The van der Waals surface area contributed by atoms with Gasteiger partial charge in [0.25, 0.3) is 5.91 Å². The Bertz CT molecular complexity index is 830. The van der Waals surface area contributed by atoms with Crippen LogP contribution in [0.15, 0.2) is 48.5 Å². The molecule has 7 heteroatoms. The van der Waals surface area contributed by atoms with Crippen molar-refractivity contribution in [3.63, 3.8) is 0 Å². The smallest absolute Gasteiger partial charge is 0.265 e. The maximum Gasteiger partial charge on any atom is 0.265 e. The molecule has 0 heterocycles. The zero-order chi connectivity index (χ0) is 18.6. The van der Waals surface area contributed by atoms with Crippen molar-refractivity contribution in [2.24, 2.45) is 0 Å². The van der Waals surface area contributed by atoms with Gasteiger partial charge in [-0.3, -0.25) is 9.10 Å². The maximum absolute atomic E-state index is 12.2. The molecular weight excluding hydrogens is 340 g/mol. The fourth-order valence-corrected chi connectivity index (χ4v) is 2.57. The Morgan fingerprint density at radius 1 is 1.08 bits per heavy atom. The van der Waals surface area contributed by atoms with Gasteiger partial charge in [0.1, 0.15) is 5.75 Å².